The first-order valence-corrected chi connectivity index (χ1v) is 7.09. The van der Waals surface area contributed by atoms with Crippen LogP contribution in [0.15, 0.2) is 24.3 Å². The van der Waals surface area contributed by atoms with E-state index in [1.807, 2.05) is 0 Å². The number of aliphatic carboxylic acids is 1. The van der Waals surface area contributed by atoms with Gasteiger partial charge in [0.05, 0.1) is 5.92 Å². The molecule has 0 amide bonds. The lowest BCUT2D eigenvalue weighted by Crippen LogP contribution is -2.48. The molecule has 0 radical (unpaired) electrons. The zero-order valence-corrected chi connectivity index (χ0v) is 11.5. The quantitative estimate of drug-likeness (QED) is 0.887. The first kappa shape index (κ1) is 12.7. The van der Waals surface area contributed by atoms with Gasteiger partial charge in [-0.1, -0.05) is 29.8 Å². The molecule has 0 saturated carbocycles. The molecule has 4 atom stereocenters. The van der Waals surface area contributed by atoms with Crippen LogP contribution >= 0.6 is 0 Å². The largest absolute Gasteiger partial charge is 0.481 e. The van der Waals surface area contributed by atoms with Gasteiger partial charge in [-0.3, -0.25) is 9.69 Å². The molecule has 102 valence electrons. The first-order valence-electron chi connectivity index (χ1n) is 7.09. The number of carboxylic acids is 1. The van der Waals surface area contributed by atoms with Gasteiger partial charge in [-0.25, -0.2) is 0 Å². The Hall–Kier alpha value is -1.35. The van der Waals surface area contributed by atoms with Crippen molar-refractivity contribution >= 4 is 5.97 Å². The molecule has 19 heavy (non-hydrogen) atoms. The highest BCUT2D eigenvalue weighted by molar-refractivity contribution is 5.73. The van der Waals surface area contributed by atoms with E-state index in [4.69, 9.17) is 0 Å². The second-order valence-electron chi connectivity index (χ2n) is 6.08. The zero-order chi connectivity index (χ0) is 13.6. The van der Waals surface area contributed by atoms with Crippen LogP contribution in [0.5, 0.6) is 0 Å². The minimum Gasteiger partial charge on any atom is -0.481 e. The summed E-state index contributed by atoms with van der Waals surface area (Å²) in [4.78, 5) is 14.0. The number of fused-ring (bicyclic) bond motifs is 2. The van der Waals surface area contributed by atoms with Crippen molar-refractivity contribution in [1.82, 2.24) is 4.90 Å². The number of benzene rings is 1. The highest BCUT2D eigenvalue weighted by Crippen LogP contribution is 2.46. The predicted octanol–water partition coefficient (Wildman–Crippen LogP) is 2.65. The molecule has 1 aromatic carbocycles. The number of rotatable bonds is 2. The summed E-state index contributed by atoms with van der Waals surface area (Å²) in [5, 5.41) is 9.64. The van der Waals surface area contributed by atoms with E-state index in [-0.39, 0.29) is 17.9 Å². The van der Waals surface area contributed by atoms with Crippen LogP contribution < -0.4 is 0 Å². The van der Waals surface area contributed by atoms with E-state index in [9.17, 15) is 9.90 Å². The number of hydrogen-bond acceptors (Lipinski definition) is 2. The van der Waals surface area contributed by atoms with Crippen molar-refractivity contribution < 1.29 is 9.90 Å². The summed E-state index contributed by atoms with van der Waals surface area (Å²) in [7, 11) is 2.09. The van der Waals surface area contributed by atoms with Gasteiger partial charge in [0.1, 0.15) is 0 Å². The van der Waals surface area contributed by atoms with Crippen LogP contribution in [0.4, 0.5) is 0 Å². The molecule has 2 bridgehead atoms. The Kier molecular flexibility index (Phi) is 3.09. The number of piperidine rings is 1. The van der Waals surface area contributed by atoms with Crippen molar-refractivity contribution in [2.75, 3.05) is 7.05 Å². The molecule has 2 unspecified atom stereocenters. The van der Waals surface area contributed by atoms with E-state index in [2.05, 4.69) is 43.1 Å². The Morgan fingerprint density at radius 2 is 1.95 bits per heavy atom. The van der Waals surface area contributed by atoms with Crippen molar-refractivity contribution in [2.45, 2.75) is 44.2 Å². The smallest absolute Gasteiger partial charge is 0.308 e. The molecule has 3 rings (SSSR count). The SMILES string of the molecule is Cc1ccc([C@H]2C[C@H]3CCC(C2C(=O)O)N3C)cc1. The molecule has 0 aromatic heterocycles. The van der Waals surface area contributed by atoms with Gasteiger partial charge in [0.15, 0.2) is 0 Å². The van der Waals surface area contributed by atoms with Gasteiger partial charge in [-0.15, -0.1) is 0 Å². The number of hydrogen-bond donors (Lipinski definition) is 1. The Balaban J connectivity index is 1.95. The van der Waals surface area contributed by atoms with E-state index in [0.29, 0.717) is 6.04 Å². The lowest BCUT2D eigenvalue weighted by molar-refractivity contribution is -0.146. The third kappa shape index (κ3) is 2.06. The van der Waals surface area contributed by atoms with E-state index in [1.165, 1.54) is 11.1 Å². The van der Waals surface area contributed by atoms with Gasteiger partial charge < -0.3 is 5.11 Å². The Morgan fingerprint density at radius 1 is 1.26 bits per heavy atom. The minimum absolute atomic E-state index is 0.173. The first-order chi connectivity index (χ1) is 9.08. The molecule has 3 heteroatoms. The monoisotopic (exact) mass is 259 g/mol. The molecule has 1 aromatic rings. The fraction of sp³-hybridized carbons (Fsp3) is 0.562. The summed E-state index contributed by atoms with van der Waals surface area (Å²) in [6.45, 7) is 2.07. The van der Waals surface area contributed by atoms with Gasteiger partial charge in [0.2, 0.25) is 0 Å². The van der Waals surface area contributed by atoms with Crippen molar-refractivity contribution in [2.24, 2.45) is 5.92 Å². The highest BCUT2D eigenvalue weighted by Gasteiger charge is 2.49. The van der Waals surface area contributed by atoms with E-state index >= 15 is 0 Å². The Morgan fingerprint density at radius 3 is 2.58 bits per heavy atom. The summed E-state index contributed by atoms with van der Waals surface area (Å²) < 4.78 is 0. The van der Waals surface area contributed by atoms with Crippen LogP contribution in [-0.4, -0.2) is 35.1 Å². The second kappa shape index (κ2) is 4.64. The maximum atomic E-state index is 11.7. The fourth-order valence-corrected chi connectivity index (χ4v) is 3.96. The molecular weight excluding hydrogens is 238 g/mol. The molecule has 2 aliphatic rings. The normalized spacial score (nSPS) is 34.4. The number of nitrogens with zero attached hydrogens (tertiary/aromatic N) is 1. The number of aryl methyl sites for hydroxylation is 1. The van der Waals surface area contributed by atoms with Crippen LogP contribution in [0.2, 0.25) is 0 Å². The lowest BCUT2D eigenvalue weighted by atomic mass is 9.76. The average Bonchev–Trinajstić information content (AvgIpc) is 2.63. The summed E-state index contributed by atoms with van der Waals surface area (Å²) in [5.41, 5.74) is 2.43. The Labute approximate surface area is 114 Å². The summed E-state index contributed by atoms with van der Waals surface area (Å²) in [6, 6.07) is 9.18. The maximum Gasteiger partial charge on any atom is 0.308 e. The van der Waals surface area contributed by atoms with Crippen LogP contribution in [-0.2, 0) is 4.79 Å². The summed E-state index contributed by atoms with van der Waals surface area (Å²) >= 11 is 0. The molecule has 1 N–H and O–H groups in total. The standard InChI is InChI=1S/C16H21NO2/c1-10-3-5-11(6-4-10)13-9-12-7-8-14(17(12)2)15(13)16(18)19/h3-6,12-15H,7-9H2,1-2H3,(H,18,19)/t12-,13-,14?,15?/m1/s1. The Bertz CT molecular complexity index is 482. The maximum absolute atomic E-state index is 11.7. The minimum atomic E-state index is -0.636. The van der Waals surface area contributed by atoms with Gasteiger partial charge in [0.25, 0.3) is 0 Å². The van der Waals surface area contributed by atoms with E-state index < -0.39 is 5.97 Å². The molecule has 0 aliphatic carbocycles. The average molecular weight is 259 g/mol. The molecule has 3 nitrogen and oxygen atoms in total. The van der Waals surface area contributed by atoms with Crippen molar-refractivity contribution in [3.05, 3.63) is 35.4 Å². The fourth-order valence-electron chi connectivity index (χ4n) is 3.96. The lowest BCUT2D eigenvalue weighted by Gasteiger charge is -2.41. The molecule has 2 aliphatic heterocycles. The molecule has 0 spiro atoms. The summed E-state index contributed by atoms with van der Waals surface area (Å²) in [5.74, 6) is -0.721. The molecule has 2 fully saturated rings. The van der Waals surface area contributed by atoms with Gasteiger partial charge in [-0.05, 0) is 38.8 Å². The van der Waals surface area contributed by atoms with Gasteiger partial charge in [-0.2, -0.15) is 0 Å². The molecule has 2 saturated heterocycles. The third-order valence-electron chi connectivity index (χ3n) is 5.06. The summed E-state index contributed by atoms with van der Waals surface area (Å²) in [6.07, 6.45) is 3.15. The highest BCUT2D eigenvalue weighted by atomic mass is 16.4. The third-order valence-corrected chi connectivity index (χ3v) is 5.06. The molecular formula is C16H21NO2. The topological polar surface area (TPSA) is 40.5 Å². The van der Waals surface area contributed by atoms with Crippen LogP contribution in [0.3, 0.4) is 0 Å². The van der Waals surface area contributed by atoms with E-state index in [1.54, 1.807) is 0 Å². The predicted molar refractivity (Wildman–Crippen MR) is 74.2 cm³/mol. The molecule has 2 heterocycles. The number of carboxylic acid groups (broad SMARTS) is 1. The van der Waals surface area contributed by atoms with Crippen molar-refractivity contribution in [1.29, 1.82) is 0 Å². The van der Waals surface area contributed by atoms with Crippen molar-refractivity contribution in [3.63, 3.8) is 0 Å². The second-order valence-corrected chi connectivity index (χ2v) is 6.08. The van der Waals surface area contributed by atoms with Gasteiger partial charge >= 0.3 is 5.97 Å². The number of carbonyl (C=O) groups is 1. The van der Waals surface area contributed by atoms with E-state index in [0.717, 1.165) is 19.3 Å². The van der Waals surface area contributed by atoms with Crippen LogP contribution in [0.25, 0.3) is 0 Å². The zero-order valence-electron chi connectivity index (χ0n) is 11.5. The van der Waals surface area contributed by atoms with Crippen molar-refractivity contribution in [3.8, 4) is 0 Å². The van der Waals surface area contributed by atoms with Crippen LogP contribution in [0.1, 0.15) is 36.3 Å². The van der Waals surface area contributed by atoms with Gasteiger partial charge in [0, 0.05) is 18.0 Å². The van der Waals surface area contributed by atoms with Crippen LogP contribution in [0, 0.1) is 12.8 Å².